The lowest BCUT2D eigenvalue weighted by Crippen LogP contribution is -2.38. The topological polar surface area (TPSA) is 122 Å². The molecule has 2 heterocycles. The first kappa shape index (κ1) is 20.7. The smallest absolute Gasteiger partial charge is 0.309 e. The van der Waals surface area contributed by atoms with E-state index in [2.05, 4.69) is 20.8 Å². The van der Waals surface area contributed by atoms with Gasteiger partial charge in [0.1, 0.15) is 12.0 Å². The molecule has 154 valence electrons. The second-order valence-electron chi connectivity index (χ2n) is 6.56. The van der Waals surface area contributed by atoms with Crippen molar-refractivity contribution >= 4 is 40.8 Å². The van der Waals surface area contributed by atoms with Crippen LogP contribution in [0.3, 0.4) is 0 Å². The average molecular weight is 419 g/mol. The Morgan fingerprint density at radius 1 is 1.24 bits per heavy atom. The molecule has 1 fully saturated rings. The Kier molecular flexibility index (Phi) is 6.71. The molecular formula is C19H23ClN6O3. The minimum Gasteiger partial charge on any atom is -0.466 e. The number of nitrogens with two attached hydrogens (primary N) is 1. The van der Waals surface area contributed by atoms with Crippen LogP contribution in [0.25, 0.3) is 0 Å². The van der Waals surface area contributed by atoms with Crippen molar-refractivity contribution in [3.8, 4) is 0 Å². The zero-order chi connectivity index (χ0) is 20.8. The summed E-state index contributed by atoms with van der Waals surface area (Å²) in [5.74, 6) is 0.243. The number of hydrogen-bond donors (Lipinski definition) is 3. The number of anilines is 3. The van der Waals surface area contributed by atoms with E-state index in [4.69, 9.17) is 22.1 Å². The minimum atomic E-state index is -0.350. The number of piperidine rings is 1. The average Bonchev–Trinajstić information content (AvgIpc) is 2.73. The van der Waals surface area contributed by atoms with E-state index in [-0.39, 0.29) is 17.8 Å². The molecule has 0 aliphatic carbocycles. The Bertz CT molecular complexity index is 869. The van der Waals surface area contributed by atoms with Gasteiger partial charge in [0.25, 0.3) is 5.91 Å². The van der Waals surface area contributed by atoms with Gasteiger partial charge in [-0.1, -0.05) is 11.6 Å². The highest BCUT2D eigenvalue weighted by atomic mass is 35.5. The largest absolute Gasteiger partial charge is 0.466 e. The zero-order valence-corrected chi connectivity index (χ0v) is 16.8. The van der Waals surface area contributed by atoms with Gasteiger partial charge in [0.15, 0.2) is 11.6 Å². The lowest BCUT2D eigenvalue weighted by atomic mass is 9.97. The van der Waals surface area contributed by atoms with E-state index in [1.807, 2.05) is 4.90 Å². The van der Waals surface area contributed by atoms with E-state index in [0.29, 0.717) is 60.4 Å². The van der Waals surface area contributed by atoms with Gasteiger partial charge in [0.2, 0.25) is 0 Å². The number of hydrazine groups is 1. The first-order valence-corrected chi connectivity index (χ1v) is 9.71. The number of halogens is 1. The van der Waals surface area contributed by atoms with Gasteiger partial charge >= 0.3 is 5.97 Å². The molecule has 0 unspecified atom stereocenters. The molecule has 1 aliphatic heterocycles. The molecule has 1 aromatic heterocycles. The van der Waals surface area contributed by atoms with Crippen LogP contribution < -0.4 is 21.5 Å². The van der Waals surface area contributed by atoms with E-state index in [1.165, 1.54) is 6.33 Å². The molecule has 1 aliphatic rings. The third-order valence-electron chi connectivity index (χ3n) is 4.68. The van der Waals surface area contributed by atoms with Crippen LogP contribution in [0, 0.1) is 5.92 Å². The number of nitrogens with zero attached hydrogens (tertiary/aromatic N) is 3. The monoisotopic (exact) mass is 418 g/mol. The standard InChI is InChI=1S/C19H23ClN6O3/c1-2-29-19(28)13-7-9-26(10-8-13)17-15(21)16(22-11-23-17)24-25-18(27)12-3-5-14(20)6-4-12/h3-6,11,13H,2,7-10,21H2,1H3,(H,25,27)(H,22,23,24). The Hall–Kier alpha value is -3.07. The van der Waals surface area contributed by atoms with Gasteiger partial charge in [-0.15, -0.1) is 0 Å². The number of esters is 1. The normalized spacial score (nSPS) is 14.3. The number of rotatable bonds is 6. The maximum atomic E-state index is 12.2. The molecular weight excluding hydrogens is 396 g/mol. The highest BCUT2D eigenvalue weighted by Gasteiger charge is 2.28. The Morgan fingerprint density at radius 2 is 1.93 bits per heavy atom. The summed E-state index contributed by atoms with van der Waals surface area (Å²) in [5.41, 5.74) is 12.3. The van der Waals surface area contributed by atoms with Crippen LogP contribution in [0.1, 0.15) is 30.1 Å². The predicted octanol–water partition coefficient (Wildman–Crippen LogP) is 2.25. The molecule has 1 saturated heterocycles. The third-order valence-corrected chi connectivity index (χ3v) is 4.93. The first-order chi connectivity index (χ1) is 14.0. The SMILES string of the molecule is CCOC(=O)C1CCN(c2ncnc(NNC(=O)c3ccc(Cl)cc3)c2N)CC1. The maximum Gasteiger partial charge on any atom is 0.309 e. The number of aromatic nitrogens is 2. The molecule has 9 nitrogen and oxygen atoms in total. The van der Waals surface area contributed by atoms with Crippen molar-refractivity contribution in [2.24, 2.45) is 5.92 Å². The molecule has 1 amide bonds. The Balaban J connectivity index is 1.62. The molecule has 0 bridgehead atoms. The summed E-state index contributed by atoms with van der Waals surface area (Å²) in [6.45, 7) is 3.44. The van der Waals surface area contributed by atoms with Crippen LogP contribution in [0.2, 0.25) is 5.02 Å². The second kappa shape index (κ2) is 9.42. The second-order valence-corrected chi connectivity index (χ2v) is 7.00. The van der Waals surface area contributed by atoms with Crippen molar-refractivity contribution < 1.29 is 14.3 Å². The molecule has 2 aromatic rings. The highest BCUT2D eigenvalue weighted by molar-refractivity contribution is 6.30. The molecule has 0 spiro atoms. The van der Waals surface area contributed by atoms with E-state index < -0.39 is 0 Å². The van der Waals surface area contributed by atoms with Crippen LogP contribution in [0.5, 0.6) is 0 Å². The first-order valence-electron chi connectivity index (χ1n) is 9.33. The van der Waals surface area contributed by atoms with Crippen molar-refractivity contribution in [3.63, 3.8) is 0 Å². The summed E-state index contributed by atoms with van der Waals surface area (Å²) in [6, 6.07) is 6.49. The number of ether oxygens (including phenoxy) is 1. The van der Waals surface area contributed by atoms with Crippen molar-refractivity contribution in [2.75, 3.05) is 35.8 Å². The van der Waals surface area contributed by atoms with E-state index >= 15 is 0 Å². The van der Waals surface area contributed by atoms with Crippen molar-refractivity contribution in [2.45, 2.75) is 19.8 Å². The van der Waals surface area contributed by atoms with Gasteiger partial charge in [-0.3, -0.25) is 20.4 Å². The van der Waals surface area contributed by atoms with Crippen LogP contribution >= 0.6 is 11.6 Å². The quantitative estimate of drug-likeness (QED) is 0.482. The van der Waals surface area contributed by atoms with Gasteiger partial charge < -0.3 is 15.4 Å². The molecule has 3 rings (SSSR count). The molecule has 29 heavy (non-hydrogen) atoms. The molecule has 4 N–H and O–H groups in total. The van der Waals surface area contributed by atoms with Gasteiger partial charge in [0, 0.05) is 23.7 Å². The summed E-state index contributed by atoms with van der Waals surface area (Å²) in [4.78, 5) is 34.5. The zero-order valence-electron chi connectivity index (χ0n) is 16.0. The Morgan fingerprint density at radius 3 is 2.59 bits per heavy atom. The Labute approximate surface area is 173 Å². The van der Waals surface area contributed by atoms with Gasteiger partial charge in [0.05, 0.1) is 12.5 Å². The number of amides is 1. The summed E-state index contributed by atoms with van der Waals surface area (Å²) in [6.07, 6.45) is 2.70. The molecule has 10 heteroatoms. The lowest BCUT2D eigenvalue weighted by Gasteiger charge is -2.32. The van der Waals surface area contributed by atoms with E-state index in [9.17, 15) is 9.59 Å². The van der Waals surface area contributed by atoms with Gasteiger partial charge in [-0.25, -0.2) is 9.97 Å². The summed E-state index contributed by atoms with van der Waals surface area (Å²) in [5, 5.41) is 0.547. The van der Waals surface area contributed by atoms with E-state index in [1.54, 1.807) is 31.2 Å². The molecule has 0 atom stereocenters. The van der Waals surface area contributed by atoms with Crippen LogP contribution in [-0.2, 0) is 9.53 Å². The number of carbonyl (C=O) groups excluding carboxylic acids is 2. The number of carbonyl (C=O) groups is 2. The van der Waals surface area contributed by atoms with Crippen LogP contribution in [0.4, 0.5) is 17.3 Å². The van der Waals surface area contributed by atoms with Crippen LogP contribution in [-0.4, -0.2) is 41.5 Å². The third kappa shape index (κ3) is 5.05. The summed E-state index contributed by atoms with van der Waals surface area (Å²) in [7, 11) is 0. The molecule has 0 saturated carbocycles. The predicted molar refractivity (Wildman–Crippen MR) is 111 cm³/mol. The van der Waals surface area contributed by atoms with Crippen molar-refractivity contribution in [1.29, 1.82) is 0 Å². The fourth-order valence-corrected chi connectivity index (χ4v) is 3.24. The number of hydrogen-bond acceptors (Lipinski definition) is 8. The number of nitrogens with one attached hydrogen (secondary N) is 2. The molecule has 0 radical (unpaired) electrons. The van der Waals surface area contributed by atoms with Crippen molar-refractivity contribution in [1.82, 2.24) is 15.4 Å². The summed E-state index contributed by atoms with van der Waals surface area (Å²) < 4.78 is 5.10. The fraction of sp³-hybridized carbons (Fsp3) is 0.368. The minimum absolute atomic E-state index is 0.106. The fourth-order valence-electron chi connectivity index (χ4n) is 3.11. The highest BCUT2D eigenvalue weighted by Crippen LogP contribution is 2.29. The maximum absolute atomic E-state index is 12.2. The number of benzene rings is 1. The van der Waals surface area contributed by atoms with Crippen LogP contribution in [0.15, 0.2) is 30.6 Å². The lowest BCUT2D eigenvalue weighted by molar-refractivity contribution is -0.148. The van der Waals surface area contributed by atoms with Gasteiger partial charge in [-0.2, -0.15) is 0 Å². The summed E-state index contributed by atoms with van der Waals surface area (Å²) >= 11 is 5.83. The van der Waals surface area contributed by atoms with Gasteiger partial charge in [-0.05, 0) is 44.0 Å². The van der Waals surface area contributed by atoms with Crippen molar-refractivity contribution in [3.05, 3.63) is 41.2 Å². The molecule has 1 aromatic carbocycles. The van der Waals surface area contributed by atoms with E-state index in [0.717, 1.165) is 0 Å². The number of nitrogen functional groups attached to an aromatic ring is 1.